The number of ether oxygens (including phenoxy) is 8. The van der Waals surface area contributed by atoms with E-state index in [9.17, 15) is 24.3 Å². The molecular weight excluding hydrogens is 748 g/mol. The zero-order valence-electron chi connectivity index (χ0n) is 36.7. The van der Waals surface area contributed by atoms with Gasteiger partial charge in [-0.15, -0.1) is 0 Å². The van der Waals surface area contributed by atoms with E-state index in [1.807, 2.05) is 13.0 Å². The van der Waals surface area contributed by atoms with Gasteiger partial charge in [0.2, 0.25) is 0 Å². The number of aliphatic hydroxyl groups excluding tert-OH is 1. The molecule has 0 aromatic carbocycles. The lowest BCUT2D eigenvalue weighted by Crippen LogP contribution is -2.63. The Balaban J connectivity index is 1.34. The molecule has 14 atom stereocenters. The summed E-state index contributed by atoms with van der Waals surface area (Å²) in [7, 11) is 0. The summed E-state index contributed by atoms with van der Waals surface area (Å²) in [5.74, 6) is 1.39. The smallest absolute Gasteiger partial charge is 0.303 e. The van der Waals surface area contributed by atoms with Gasteiger partial charge in [-0.1, -0.05) is 78.2 Å². The van der Waals surface area contributed by atoms with Gasteiger partial charge in [-0.05, 0) is 86.4 Å². The van der Waals surface area contributed by atoms with Crippen LogP contribution in [0, 0.1) is 46.3 Å². The summed E-state index contributed by atoms with van der Waals surface area (Å²) in [6.45, 7) is 20.8. The van der Waals surface area contributed by atoms with Crippen molar-refractivity contribution in [2.24, 2.45) is 46.3 Å². The van der Waals surface area contributed by atoms with Gasteiger partial charge in [0.15, 0.2) is 24.6 Å². The number of aliphatic hydroxyl groups is 1. The summed E-state index contributed by atoms with van der Waals surface area (Å²) >= 11 is 0. The highest BCUT2D eigenvalue weighted by atomic mass is 16.8. The van der Waals surface area contributed by atoms with Gasteiger partial charge in [0.25, 0.3) is 6.48 Å². The SMILES string of the molecule is C=C1CCC2C(CCC3(C)C2CCC3[C@H](C)CCCC(C)C)C1(C)/C=C\C(C)OC(O)OCCOC1OC(COC(C)=O)[C@@H](OC(C)=O)C(OC(C)=O)[C@H]1OC(C)=O. The number of carbonyl (C=O) groups excluding carboxylic acids is 4. The summed E-state index contributed by atoms with van der Waals surface area (Å²) in [6, 6.07) is 0. The zero-order valence-corrected chi connectivity index (χ0v) is 36.7. The Labute approximate surface area is 346 Å². The molecule has 4 aliphatic rings. The van der Waals surface area contributed by atoms with Crippen molar-refractivity contribution in [1.82, 2.24) is 0 Å². The van der Waals surface area contributed by atoms with Gasteiger partial charge in [-0.2, -0.15) is 0 Å². The van der Waals surface area contributed by atoms with Crippen LogP contribution in [-0.2, 0) is 57.1 Å². The number of hydrogen-bond donors (Lipinski definition) is 1. The Morgan fingerprint density at radius 3 is 2.14 bits per heavy atom. The molecule has 0 bridgehead atoms. The van der Waals surface area contributed by atoms with E-state index in [1.54, 1.807) is 0 Å². The molecule has 3 aliphatic carbocycles. The molecule has 0 aromatic rings. The molecule has 0 aromatic heterocycles. The Bertz CT molecular complexity index is 1440. The zero-order chi connectivity index (χ0) is 42.9. The maximum atomic E-state index is 12.1. The van der Waals surface area contributed by atoms with E-state index in [0.29, 0.717) is 17.3 Å². The first-order chi connectivity index (χ1) is 27.3. The van der Waals surface area contributed by atoms with E-state index in [-0.39, 0.29) is 25.2 Å². The third-order valence-corrected chi connectivity index (χ3v) is 13.6. The van der Waals surface area contributed by atoms with Gasteiger partial charge in [-0.3, -0.25) is 19.2 Å². The summed E-state index contributed by atoms with van der Waals surface area (Å²) in [5.41, 5.74) is 1.48. The van der Waals surface area contributed by atoms with Gasteiger partial charge in [0.1, 0.15) is 12.7 Å². The predicted molar refractivity (Wildman–Crippen MR) is 214 cm³/mol. The first-order valence-electron chi connectivity index (χ1n) is 21.5. The molecule has 1 heterocycles. The first-order valence-corrected chi connectivity index (χ1v) is 21.5. The van der Waals surface area contributed by atoms with Gasteiger partial charge in [0, 0.05) is 33.1 Å². The lowest BCUT2D eigenvalue weighted by molar-refractivity contribution is -0.316. The van der Waals surface area contributed by atoms with Gasteiger partial charge in [0.05, 0.1) is 19.3 Å². The molecule has 0 amide bonds. The van der Waals surface area contributed by atoms with E-state index >= 15 is 0 Å². The molecule has 4 fully saturated rings. The normalized spacial score (nSPS) is 35.1. The maximum absolute atomic E-state index is 12.1. The van der Waals surface area contributed by atoms with Crippen LogP contribution < -0.4 is 0 Å². The van der Waals surface area contributed by atoms with Crippen LogP contribution >= 0.6 is 0 Å². The van der Waals surface area contributed by atoms with E-state index in [1.165, 1.54) is 63.9 Å². The molecule has 13 heteroatoms. The number of esters is 4. The van der Waals surface area contributed by atoms with Crippen molar-refractivity contribution in [3.05, 3.63) is 24.3 Å². The largest absolute Gasteiger partial charge is 0.463 e. The molecular formula is C45H72O13. The predicted octanol–water partition coefficient (Wildman–Crippen LogP) is 7.22. The fourth-order valence-corrected chi connectivity index (χ4v) is 10.8. The highest BCUT2D eigenvalue weighted by Crippen LogP contribution is 2.66. The highest BCUT2D eigenvalue weighted by Gasteiger charge is 2.58. The summed E-state index contributed by atoms with van der Waals surface area (Å²) in [6.07, 6.45) is 8.57. The topological polar surface area (TPSA) is 162 Å². The number of rotatable bonds is 19. The first kappa shape index (κ1) is 47.8. The quantitative estimate of drug-likeness (QED) is 0.0458. The molecule has 1 aliphatic heterocycles. The van der Waals surface area contributed by atoms with E-state index in [0.717, 1.165) is 50.9 Å². The van der Waals surface area contributed by atoms with Crippen molar-refractivity contribution in [3.8, 4) is 0 Å². The highest BCUT2D eigenvalue weighted by molar-refractivity contribution is 5.68. The van der Waals surface area contributed by atoms with Crippen LogP contribution in [0.15, 0.2) is 24.3 Å². The summed E-state index contributed by atoms with van der Waals surface area (Å²) < 4.78 is 44.4. The molecule has 1 saturated heterocycles. The molecule has 0 spiro atoms. The minimum absolute atomic E-state index is 0.166. The molecule has 1 N–H and O–H groups in total. The average Bonchev–Trinajstić information content (AvgIpc) is 3.49. The van der Waals surface area contributed by atoms with E-state index < -0.39 is 67.2 Å². The van der Waals surface area contributed by atoms with Gasteiger partial charge < -0.3 is 43.0 Å². The molecule has 0 radical (unpaired) electrons. The fourth-order valence-electron chi connectivity index (χ4n) is 10.8. The van der Waals surface area contributed by atoms with E-state index in [2.05, 4.69) is 47.3 Å². The second kappa shape index (κ2) is 21.1. The van der Waals surface area contributed by atoms with Crippen molar-refractivity contribution in [1.29, 1.82) is 0 Å². The van der Waals surface area contributed by atoms with Crippen molar-refractivity contribution in [2.75, 3.05) is 19.8 Å². The van der Waals surface area contributed by atoms with Crippen LogP contribution in [0.3, 0.4) is 0 Å². The Hall–Kier alpha value is -2.84. The number of allylic oxidation sites excluding steroid dienone is 2. The Morgan fingerprint density at radius 1 is 0.845 bits per heavy atom. The minimum atomic E-state index is -1.58. The van der Waals surface area contributed by atoms with Gasteiger partial charge >= 0.3 is 23.9 Å². The van der Waals surface area contributed by atoms with Crippen molar-refractivity contribution < 1.29 is 62.2 Å². The lowest BCUT2D eigenvalue weighted by Gasteiger charge is -2.57. The Kier molecular flexibility index (Phi) is 17.4. The molecule has 330 valence electrons. The molecule has 13 nitrogen and oxygen atoms in total. The standard InChI is InChI=1S/C45H72O13/c1-26(2)13-12-14-27(3)35-17-18-36-34-16-15-28(4)44(10,37(34)20-22-45(35,36)11)21-19-29(5)54-43(50)52-24-23-51-42-41(57-33(9)49)40(56-32(8)48)39(55-31(7)47)38(58-42)25-53-30(6)46/h19,21,26-27,29,34-43,50H,4,12-18,20,22-25H2,1-3,5-11H3/b21-19-/t27-,29?,34?,35?,36?,37?,38?,39-,40?,41-,42?,43?,44?,45?/m1/s1. The number of carbonyl (C=O) groups is 4. The third-order valence-electron chi connectivity index (χ3n) is 13.6. The van der Waals surface area contributed by atoms with Crippen LogP contribution in [-0.4, -0.2) is 92.1 Å². The average molecular weight is 821 g/mol. The monoisotopic (exact) mass is 820 g/mol. The number of fused-ring (bicyclic) bond motifs is 3. The van der Waals surface area contributed by atoms with Crippen LogP contribution in [0.1, 0.15) is 127 Å². The van der Waals surface area contributed by atoms with Gasteiger partial charge in [-0.25, -0.2) is 0 Å². The van der Waals surface area contributed by atoms with Crippen LogP contribution in [0.2, 0.25) is 0 Å². The Morgan fingerprint density at radius 2 is 1.50 bits per heavy atom. The minimum Gasteiger partial charge on any atom is -0.463 e. The van der Waals surface area contributed by atoms with Crippen molar-refractivity contribution >= 4 is 23.9 Å². The second-order valence-electron chi connectivity index (χ2n) is 18.1. The van der Waals surface area contributed by atoms with Crippen LogP contribution in [0.25, 0.3) is 0 Å². The number of hydrogen-bond acceptors (Lipinski definition) is 13. The van der Waals surface area contributed by atoms with Crippen LogP contribution in [0.5, 0.6) is 0 Å². The summed E-state index contributed by atoms with van der Waals surface area (Å²) in [5, 5.41) is 10.7. The van der Waals surface area contributed by atoms with E-state index in [4.69, 9.17) is 37.9 Å². The fraction of sp³-hybridized carbons (Fsp3) is 0.822. The van der Waals surface area contributed by atoms with Crippen molar-refractivity contribution in [2.45, 2.75) is 170 Å². The summed E-state index contributed by atoms with van der Waals surface area (Å²) in [4.78, 5) is 47.8. The maximum Gasteiger partial charge on any atom is 0.303 e. The third kappa shape index (κ3) is 12.1. The molecule has 4 rings (SSSR count). The second-order valence-corrected chi connectivity index (χ2v) is 18.1. The molecule has 58 heavy (non-hydrogen) atoms. The lowest BCUT2D eigenvalue weighted by atomic mass is 9.48. The molecule has 11 unspecified atom stereocenters. The van der Waals surface area contributed by atoms with Crippen LogP contribution in [0.4, 0.5) is 0 Å². The van der Waals surface area contributed by atoms with Crippen molar-refractivity contribution in [3.63, 3.8) is 0 Å². The molecule has 3 saturated carbocycles.